The topological polar surface area (TPSA) is 71.3 Å². The Morgan fingerprint density at radius 2 is 1.96 bits per heavy atom. The number of amides is 1. The van der Waals surface area contributed by atoms with Crippen LogP contribution in [0.25, 0.3) is 6.08 Å². The van der Waals surface area contributed by atoms with Crippen molar-refractivity contribution in [1.82, 2.24) is 0 Å². The second-order valence-electron chi connectivity index (χ2n) is 5.71. The Bertz CT molecular complexity index is 853. The van der Waals surface area contributed by atoms with E-state index in [1.807, 2.05) is 19.9 Å². The molecule has 26 heavy (non-hydrogen) atoms. The van der Waals surface area contributed by atoms with Gasteiger partial charge in [0.05, 0.1) is 29.9 Å². The molecule has 134 valence electrons. The Hall–Kier alpha value is -2.97. The molecule has 0 aromatic heterocycles. The van der Waals surface area contributed by atoms with Gasteiger partial charge in [-0.25, -0.2) is 0 Å². The molecule has 0 aliphatic carbocycles. The molecule has 0 unspecified atom stereocenters. The van der Waals surface area contributed by atoms with Gasteiger partial charge in [-0.1, -0.05) is 11.6 Å². The Morgan fingerprint density at radius 1 is 1.27 bits per heavy atom. The monoisotopic (exact) mass is 370 g/mol. The van der Waals surface area contributed by atoms with E-state index in [2.05, 4.69) is 5.32 Å². The lowest BCUT2D eigenvalue weighted by Crippen LogP contribution is -2.08. The third-order valence-corrected chi connectivity index (χ3v) is 3.59. The highest BCUT2D eigenvalue weighted by Gasteiger charge is 2.12. The van der Waals surface area contributed by atoms with Gasteiger partial charge in [-0.15, -0.1) is 0 Å². The van der Waals surface area contributed by atoms with Crippen molar-refractivity contribution in [3.63, 3.8) is 0 Å². The lowest BCUT2D eigenvalue weighted by atomic mass is 10.1. The predicted molar refractivity (Wildman–Crippen MR) is 103 cm³/mol. The van der Waals surface area contributed by atoms with Gasteiger partial charge in [0, 0.05) is 11.8 Å². The van der Waals surface area contributed by atoms with E-state index in [1.165, 1.54) is 13.2 Å². The molecule has 0 aliphatic rings. The van der Waals surface area contributed by atoms with Crippen LogP contribution in [0.15, 0.2) is 42.5 Å². The maximum absolute atomic E-state index is 12.0. The van der Waals surface area contributed by atoms with Gasteiger partial charge in [0.1, 0.15) is 0 Å². The minimum atomic E-state index is -0.299. The number of carbonyl (C=O) groups is 1. The summed E-state index contributed by atoms with van der Waals surface area (Å²) in [6, 6.07) is 12.1. The van der Waals surface area contributed by atoms with E-state index in [-0.39, 0.29) is 12.0 Å². The summed E-state index contributed by atoms with van der Waals surface area (Å²) >= 11 is 6.27. The molecule has 1 amide bonds. The number of nitrogens with one attached hydrogen (secondary N) is 1. The van der Waals surface area contributed by atoms with Crippen molar-refractivity contribution in [3.05, 3.63) is 58.6 Å². The number of nitrogens with zero attached hydrogens (tertiary/aromatic N) is 1. The fraction of sp³-hybridized carbons (Fsp3) is 0.200. The van der Waals surface area contributed by atoms with E-state index in [1.54, 1.807) is 42.5 Å². The minimum Gasteiger partial charge on any atom is -0.493 e. The minimum absolute atomic E-state index is 0.0407. The number of carbonyl (C=O) groups excluding carboxylic acids is 1. The fourth-order valence-electron chi connectivity index (χ4n) is 2.17. The van der Waals surface area contributed by atoms with Crippen LogP contribution in [-0.2, 0) is 4.79 Å². The highest BCUT2D eigenvalue weighted by atomic mass is 35.5. The average Bonchev–Trinajstić information content (AvgIpc) is 2.62. The quantitative estimate of drug-likeness (QED) is 0.750. The number of ether oxygens (including phenoxy) is 2. The van der Waals surface area contributed by atoms with E-state index in [9.17, 15) is 4.79 Å². The van der Waals surface area contributed by atoms with Gasteiger partial charge >= 0.3 is 0 Å². The molecule has 6 heteroatoms. The van der Waals surface area contributed by atoms with Gasteiger partial charge in [-0.05, 0) is 61.9 Å². The second kappa shape index (κ2) is 8.93. The molecule has 0 heterocycles. The Morgan fingerprint density at radius 3 is 2.54 bits per heavy atom. The first-order valence-corrected chi connectivity index (χ1v) is 8.34. The van der Waals surface area contributed by atoms with Crippen molar-refractivity contribution >= 4 is 29.3 Å². The molecule has 2 rings (SSSR count). The predicted octanol–water partition coefficient (Wildman–Crippen LogP) is 4.66. The van der Waals surface area contributed by atoms with Crippen LogP contribution >= 0.6 is 11.6 Å². The average molecular weight is 371 g/mol. The van der Waals surface area contributed by atoms with E-state index in [0.717, 1.165) is 0 Å². The smallest absolute Gasteiger partial charge is 0.248 e. The van der Waals surface area contributed by atoms with Gasteiger partial charge in [-0.2, -0.15) is 5.26 Å². The van der Waals surface area contributed by atoms with Crippen LogP contribution in [0.5, 0.6) is 11.5 Å². The van der Waals surface area contributed by atoms with Crippen LogP contribution in [-0.4, -0.2) is 19.1 Å². The molecular weight excluding hydrogens is 352 g/mol. The van der Waals surface area contributed by atoms with Crippen LogP contribution in [0.3, 0.4) is 0 Å². The lowest BCUT2D eigenvalue weighted by molar-refractivity contribution is -0.111. The molecule has 2 aromatic carbocycles. The molecule has 1 N–H and O–H groups in total. The standard InChI is InChI=1S/C20H19ClN2O3/c1-13(2)26-20-17(21)10-15(11-18(20)25-3)6-9-19(24)23-16-7-4-14(12-22)5-8-16/h4-11,13H,1-3H3,(H,23,24)/b9-6+. The number of benzene rings is 2. The first kappa shape index (κ1) is 19.4. The Labute approximate surface area is 157 Å². The summed E-state index contributed by atoms with van der Waals surface area (Å²) in [5.74, 6) is 0.675. The highest BCUT2D eigenvalue weighted by molar-refractivity contribution is 6.32. The van der Waals surface area contributed by atoms with E-state index < -0.39 is 0 Å². The van der Waals surface area contributed by atoms with Crippen LogP contribution < -0.4 is 14.8 Å². The van der Waals surface area contributed by atoms with Crippen molar-refractivity contribution in [2.75, 3.05) is 12.4 Å². The summed E-state index contributed by atoms with van der Waals surface area (Å²) in [4.78, 5) is 12.0. The van der Waals surface area contributed by atoms with Crippen LogP contribution in [0.1, 0.15) is 25.0 Å². The van der Waals surface area contributed by atoms with Crippen molar-refractivity contribution in [3.8, 4) is 17.6 Å². The van der Waals surface area contributed by atoms with E-state index in [0.29, 0.717) is 33.3 Å². The largest absolute Gasteiger partial charge is 0.493 e. The summed E-state index contributed by atoms with van der Waals surface area (Å²) in [5.41, 5.74) is 1.84. The van der Waals surface area contributed by atoms with Crippen molar-refractivity contribution in [1.29, 1.82) is 5.26 Å². The van der Waals surface area contributed by atoms with Crippen molar-refractivity contribution < 1.29 is 14.3 Å². The van der Waals surface area contributed by atoms with Crippen molar-refractivity contribution in [2.45, 2.75) is 20.0 Å². The molecule has 0 bridgehead atoms. The van der Waals surface area contributed by atoms with Crippen LogP contribution in [0.4, 0.5) is 5.69 Å². The number of halogens is 1. The van der Waals surface area contributed by atoms with Gasteiger partial charge in [-0.3, -0.25) is 4.79 Å². The van der Waals surface area contributed by atoms with E-state index >= 15 is 0 Å². The molecule has 0 saturated heterocycles. The maximum atomic E-state index is 12.0. The summed E-state index contributed by atoms with van der Waals surface area (Å²) < 4.78 is 11.0. The zero-order valence-corrected chi connectivity index (χ0v) is 15.5. The number of hydrogen-bond donors (Lipinski definition) is 1. The van der Waals surface area contributed by atoms with E-state index in [4.69, 9.17) is 26.3 Å². The molecule has 0 saturated carbocycles. The number of methoxy groups -OCH3 is 1. The molecule has 0 spiro atoms. The zero-order valence-electron chi connectivity index (χ0n) is 14.7. The summed E-state index contributed by atoms with van der Waals surface area (Å²) in [7, 11) is 1.53. The molecule has 0 aliphatic heterocycles. The molecule has 5 nitrogen and oxygen atoms in total. The van der Waals surface area contributed by atoms with Crippen LogP contribution in [0, 0.1) is 11.3 Å². The second-order valence-corrected chi connectivity index (χ2v) is 6.12. The number of hydrogen-bond acceptors (Lipinski definition) is 4. The molecular formula is C20H19ClN2O3. The Balaban J connectivity index is 2.12. The third-order valence-electron chi connectivity index (χ3n) is 3.31. The summed E-state index contributed by atoms with van der Waals surface area (Å²) in [6.45, 7) is 3.80. The van der Waals surface area contributed by atoms with Crippen LogP contribution in [0.2, 0.25) is 5.02 Å². The molecule has 0 fully saturated rings. The maximum Gasteiger partial charge on any atom is 0.248 e. The number of nitriles is 1. The molecule has 2 aromatic rings. The first-order chi connectivity index (χ1) is 12.4. The summed E-state index contributed by atoms with van der Waals surface area (Å²) in [5, 5.41) is 11.9. The molecule has 0 radical (unpaired) electrons. The molecule has 0 atom stereocenters. The summed E-state index contributed by atoms with van der Waals surface area (Å²) in [6.07, 6.45) is 2.99. The fourth-order valence-corrected chi connectivity index (χ4v) is 2.43. The van der Waals surface area contributed by atoms with Gasteiger partial charge in [0.15, 0.2) is 11.5 Å². The van der Waals surface area contributed by atoms with Crippen molar-refractivity contribution in [2.24, 2.45) is 0 Å². The highest BCUT2D eigenvalue weighted by Crippen LogP contribution is 2.37. The zero-order chi connectivity index (χ0) is 19.1. The number of anilines is 1. The first-order valence-electron chi connectivity index (χ1n) is 7.96. The van der Waals surface area contributed by atoms with Gasteiger partial charge in [0.2, 0.25) is 5.91 Å². The Kier molecular flexibility index (Phi) is 6.65. The third kappa shape index (κ3) is 5.27. The normalized spacial score (nSPS) is 10.6. The number of rotatable bonds is 6. The van der Waals surface area contributed by atoms with Gasteiger partial charge in [0.25, 0.3) is 0 Å². The SMILES string of the molecule is COc1cc(/C=C/C(=O)Nc2ccc(C#N)cc2)cc(Cl)c1OC(C)C. The van der Waals surface area contributed by atoms with Gasteiger partial charge < -0.3 is 14.8 Å². The lowest BCUT2D eigenvalue weighted by Gasteiger charge is -2.15.